The highest BCUT2D eigenvalue weighted by Crippen LogP contribution is 2.45. The molecule has 0 saturated carbocycles. The van der Waals surface area contributed by atoms with Crippen molar-refractivity contribution in [2.75, 3.05) is 25.7 Å². The second-order valence-electron chi connectivity index (χ2n) is 7.23. The molecule has 4 rings (SSSR count). The van der Waals surface area contributed by atoms with Crippen LogP contribution in [0.3, 0.4) is 0 Å². The van der Waals surface area contributed by atoms with Crippen molar-refractivity contribution in [3.63, 3.8) is 0 Å². The lowest BCUT2D eigenvalue weighted by Crippen LogP contribution is -2.50. The first-order chi connectivity index (χ1) is 15.0. The Balaban J connectivity index is 1.98. The number of thiazole rings is 1. The van der Waals surface area contributed by atoms with E-state index in [1.165, 1.54) is 11.3 Å². The fraction of sp³-hybridized carbons (Fsp3) is 0.250. The Morgan fingerprint density at radius 2 is 1.94 bits per heavy atom. The van der Waals surface area contributed by atoms with Crippen LogP contribution < -0.4 is 14.2 Å². The molecule has 1 N–H and O–H groups in total. The third-order valence-corrected chi connectivity index (χ3v) is 6.76. The van der Waals surface area contributed by atoms with E-state index in [4.69, 9.17) is 9.47 Å². The quantitative estimate of drug-likeness (QED) is 0.477. The number of anilines is 1. The van der Waals surface area contributed by atoms with Crippen LogP contribution >= 0.6 is 11.3 Å². The number of ether oxygens (including phenoxy) is 2. The van der Waals surface area contributed by atoms with E-state index in [1.54, 1.807) is 18.6 Å². The molecule has 1 unspecified atom stereocenters. The van der Waals surface area contributed by atoms with Gasteiger partial charge >= 0.3 is 17.0 Å². The first-order valence-electron chi connectivity index (χ1n) is 10.1. The van der Waals surface area contributed by atoms with E-state index in [1.807, 2.05) is 73.5 Å². The molecular weight excluding hydrogens is 412 g/mol. The molecule has 2 aromatic carbocycles. The summed E-state index contributed by atoms with van der Waals surface area (Å²) in [6.45, 7) is 3.96. The summed E-state index contributed by atoms with van der Waals surface area (Å²) in [6, 6.07) is 16.8. The maximum absolute atomic E-state index is 13.1. The Morgan fingerprint density at radius 1 is 1.19 bits per heavy atom. The fourth-order valence-electron chi connectivity index (χ4n) is 3.87. The Morgan fingerprint density at radius 3 is 2.61 bits per heavy atom. The number of aromatic hydroxyl groups is 1. The largest absolute Gasteiger partial charge is 0.497 e. The number of hydrogen-bond donors (Lipinski definition) is 1. The summed E-state index contributed by atoms with van der Waals surface area (Å²) in [4.78, 5) is 15.7. The van der Waals surface area contributed by atoms with E-state index in [9.17, 15) is 9.90 Å². The molecule has 160 valence electrons. The van der Waals surface area contributed by atoms with Crippen LogP contribution in [0.5, 0.6) is 11.6 Å². The molecule has 7 heteroatoms. The van der Waals surface area contributed by atoms with Crippen LogP contribution in [-0.4, -0.2) is 31.8 Å². The van der Waals surface area contributed by atoms with Gasteiger partial charge < -0.3 is 14.6 Å². The molecule has 0 saturated heterocycles. The van der Waals surface area contributed by atoms with Crippen LogP contribution in [0.1, 0.15) is 25.5 Å². The normalized spacial score (nSPS) is 15.6. The van der Waals surface area contributed by atoms with Crippen LogP contribution in [0, 0.1) is 0 Å². The van der Waals surface area contributed by atoms with E-state index in [-0.39, 0.29) is 12.5 Å². The number of rotatable bonds is 5. The number of methoxy groups -OCH3 is 1. The van der Waals surface area contributed by atoms with Gasteiger partial charge in [0.2, 0.25) is 0 Å². The van der Waals surface area contributed by atoms with Crippen molar-refractivity contribution in [1.29, 1.82) is 0 Å². The molecular formula is C24H25N2O4S+. The standard InChI is InChI=1S/C24H24N2O4S/c1-5-30-23(28)19-15(2)25(3)24-26(20(19)17-12-9-13-18(14-17)29-4)22(27)21(31-24)16-10-7-6-8-11-16/h6-14,20H,5H2,1-4H3/p+1. The molecule has 0 aliphatic carbocycles. The summed E-state index contributed by atoms with van der Waals surface area (Å²) < 4.78 is 12.6. The van der Waals surface area contributed by atoms with Gasteiger partial charge in [0.15, 0.2) is 6.04 Å². The maximum atomic E-state index is 13.1. The van der Waals surface area contributed by atoms with Crippen LogP contribution in [-0.2, 0) is 9.53 Å². The van der Waals surface area contributed by atoms with Gasteiger partial charge in [-0.3, -0.25) is 0 Å². The predicted octanol–water partition coefficient (Wildman–Crippen LogP) is 4.29. The van der Waals surface area contributed by atoms with Gasteiger partial charge in [-0.2, -0.15) is 4.57 Å². The predicted molar refractivity (Wildman–Crippen MR) is 120 cm³/mol. The van der Waals surface area contributed by atoms with Crippen molar-refractivity contribution in [2.24, 2.45) is 0 Å². The number of fused-ring (bicyclic) bond motifs is 1. The lowest BCUT2D eigenvalue weighted by Gasteiger charge is -2.27. The molecule has 0 fully saturated rings. The molecule has 0 spiro atoms. The second-order valence-corrected chi connectivity index (χ2v) is 8.21. The third-order valence-electron chi connectivity index (χ3n) is 5.48. The lowest BCUT2D eigenvalue weighted by atomic mass is 9.94. The summed E-state index contributed by atoms with van der Waals surface area (Å²) in [6.07, 6.45) is 0. The smallest absolute Gasteiger partial charge is 0.345 e. The maximum Gasteiger partial charge on any atom is 0.345 e. The number of hydrogen-bond acceptors (Lipinski definition) is 6. The number of carbonyl (C=O) groups is 1. The molecule has 1 aliphatic rings. The summed E-state index contributed by atoms with van der Waals surface area (Å²) in [5.41, 5.74) is 3.02. The van der Waals surface area contributed by atoms with Crippen molar-refractivity contribution >= 4 is 22.4 Å². The molecule has 0 radical (unpaired) electrons. The number of nitrogens with zero attached hydrogens (tertiary/aromatic N) is 2. The Bertz CT molecular complexity index is 1150. The number of esters is 1. The van der Waals surface area contributed by atoms with Crippen LogP contribution in [0.2, 0.25) is 0 Å². The first kappa shape index (κ1) is 20.9. The van der Waals surface area contributed by atoms with Crippen molar-refractivity contribution < 1.29 is 23.9 Å². The Hall–Kier alpha value is -3.32. The summed E-state index contributed by atoms with van der Waals surface area (Å²) in [5.74, 6) is 0.391. The van der Waals surface area contributed by atoms with Gasteiger partial charge in [-0.15, -0.1) is 0 Å². The lowest BCUT2D eigenvalue weighted by molar-refractivity contribution is -0.695. The molecule has 0 amide bonds. The Kier molecular flexibility index (Phi) is 5.69. The van der Waals surface area contributed by atoms with Crippen LogP contribution in [0.15, 0.2) is 65.9 Å². The molecule has 31 heavy (non-hydrogen) atoms. The van der Waals surface area contributed by atoms with Crippen LogP contribution in [0.4, 0.5) is 5.13 Å². The number of benzene rings is 2. The zero-order chi connectivity index (χ0) is 22.1. The number of aromatic nitrogens is 1. The number of allylic oxidation sites excluding steroid dienone is 1. The minimum Gasteiger partial charge on any atom is -0.497 e. The molecule has 1 aliphatic heterocycles. The van der Waals surface area contributed by atoms with E-state index in [0.717, 1.165) is 26.8 Å². The van der Waals surface area contributed by atoms with Gasteiger partial charge in [-0.1, -0.05) is 42.5 Å². The average Bonchev–Trinajstić information content (AvgIpc) is 3.14. The fourth-order valence-corrected chi connectivity index (χ4v) is 5.06. The van der Waals surface area contributed by atoms with Crippen molar-refractivity contribution in [3.8, 4) is 22.1 Å². The van der Waals surface area contributed by atoms with Crippen molar-refractivity contribution in [1.82, 2.24) is 0 Å². The monoisotopic (exact) mass is 437 g/mol. The van der Waals surface area contributed by atoms with Gasteiger partial charge in [-0.05, 0) is 42.9 Å². The molecule has 1 aromatic heterocycles. The molecule has 2 heterocycles. The summed E-state index contributed by atoms with van der Waals surface area (Å²) >= 11 is 1.48. The minimum absolute atomic E-state index is 0.111. The third kappa shape index (κ3) is 3.55. The van der Waals surface area contributed by atoms with E-state index in [0.29, 0.717) is 11.3 Å². The highest BCUT2D eigenvalue weighted by Gasteiger charge is 2.45. The average molecular weight is 438 g/mol. The van der Waals surface area contributed by atoms with Gasteiger partial charge in [0.1, 0.15) is 21.9 Å². The second kappa shape index (κ2) is 8.43. The van der Waals surface area contributed by atoms with Crippen molar-refractivity contribution in [3.05, 3.63) is 71.4 Å². The van der Waals surface area contributed by atoms with Gasteiger partial charge in [0.05, 0.1) is 20.8 Å². The van der Waals surface area contributed by atoms with Gasteiger partial charge in [0, 0.05) is 5.56 Å². The zero-order valence-electron chi connectivity index (χ0n) is 18.0. The van der Waals surface area contributed by atoms with Crippen LogP contribution in [0.25, 0.3) is 10.4 Å². The Labute approximate surface area is 185 Å². The topological polar surface area (TPSA) is 62.9 Å². The van der Waals surface area contributed by atoms with E-state index >= 15 is 0 Å². The van der Waals surface area contributed by atoms with E-state index < -0.39 is 12.0 Å². The highest BCUT2D eigenvalue weighted by atomic mass is 32.1. The van der Waals surface area contributed by atoms with Gasteiger partial charge in [-0.25, -0.2) is 9.69 Å². The van der Waals surface area contributed by atoms with E-state index in [2.05, 4.69) is 0 Å². The summed E-state index contributed by atoms with van der Waals surface area (Å²) in [5, 5.41) is 12.2. The zero-order valence-corrected chi connectivity index (χ0v) is 18.8. The highest BCUT2D eigenvalue weighted by molar-refractivity contribution is 7.18. The number of carbonyl (C=O) groups excluding carboxylic acids is 1. The summed E-state index contributed by atoms with van der Waals surface area (Å²) in [7, 11) is 3.50. The first-order valence-corrected chi connectivity index (χ1v) is 10.9. The molecule has 3 aromatic rings. The van der Waals surface area contributed by atoms with Gasteiger partial charge in [0.25, 0.3) is 0 Å². The van der Waals surface area contributed by atoms with Crippen molar-refractivity contribution in [2.45, 2.75) is 19.9 Å². The molecule has 0 bridgehead atoms. The molecule has 6 nitrogen and oxygen atoms in total. The molecule has 1 atom stereocenters. The SMILES string of the molecule is CCOC(=O)C1=C(C)N(C)c2sc(-c3ccccc3)c(O)[n+]2C1c1cccc(OC)c1. The minimum atomic E-state index is -0.547.